The van der Waals surface area contributed by atoms with E-state index < -0.39 is 0 Å². The summed E-state index contributed by atoms with van der Waals surface area (Å²) in [6.45, 7) is 4.00. The van der Waals surface area contributed by atoms with E-state index in [2.05, 4.69) is 18.8 Å². The van der Waals surface area contributed by atoms with Crippen molar-refractivity contribution in [1.29, 1.82) is 0 Å². The number of carbonyl (C=O) groups is 1. The van der Waals surface area contributed by atoms with Gasteiger partial charge in [0.2, 0.25) is 5.88 Å². The number of hydrogen-bond donors (Lipinski definition) is 0. The summed E-state index contributed by atoms with van der Waals surface area (Å²) in [5.74, 6) is 1.06. The zero-order valence-corrected chi connectivity index (χ0v) is 16.8. The minimum absolute atomic E-state index is 0.0573. The van der Waals surface area contributed by atoms with Crippen LogP contribution < -0.4 is 4.74 Å². The highest BCUT2D eigenvalue weighted by Crippen LogP contribution is 2.22. The zero-order valence-electron chi connectivity index (χ0n) is 16.0. The van der Waals surface area contributed by atoms with Gasteiger partial charge in [0, 0.05) is 24.7 Å². The molecular formula is C20H20N6O2S. The van der Waals surface area contributed by atoms with Gasteiger partial charge >= 0.3 is 0 Å². The molecule has 1 aliphatic rings. The Bertz CT molecular complexity index is 1180. The van der Waals surface area contributed by atoms with E-state index in [0.29, 0.717) is 24.0 Å². The molecule has 4 aromatic rings. The summed E-state index contributed by atoms with van der Waals surface area (Å²) in [4.78, 5) is 19.1. The topological polar surface area (TPSA) is 85.5 Å². The van der Waals surface area contributed by atoms with E-state index in [1.165, 1.54) is 11.7 Å². The molecule has 3 aromatic heterocycles. The summed E-state index contributed by atoms with van der Waals surface area (Å²) in [5, 5.41) is 4.44. The van der Waals surface area contributed by atoms with Crippen molar-refractivity contribution >= 4 is 34.3 Å². The number of rotatable bonds is 4. The monoisotopic (exact) mass is 408 g/mol. The fourth-order valence-electron chi connectivity index (χ4n) is 3.66. The van der Waals surface area contributed by atoms with Gasteiger partial charge in [0.1, 0.15) is 11.0 Å². The van der Waals surface area contributed by atoms with Gasteiger partial charge in [0.15, 0.2) is 5.65 Å². The van der Waals surface area contributed by atoms with Crippen LogP contribution in [0.4, 0.5) is 0 Å². The Morgan fingerprint density at radius 2 is 2.00 bits per heavy atom. The molecule has 1 fully saturated rings. The minimum Gasteiger partial charge on any atom is -0.476 e. The van der Waals surface area contributed by atoms with E-state index in [-0.39, 0.29) is 5.91 Å². The maximum atomic E-state index is 12.8. The van der Waals surface area contributed by atoms with Crippen molar-refractivity contribution in [3.63, 3.8) is 0 Å². The van der Waals surface area contributed by atoms with Gasteiger partial charge in [-0.3, -0.25) is 4.79 Å². The van der Waals surface area contributed by atoms with Crippen molar-refractivity contribution in [2.24, 2.45) is 5.92 Å². The Balaban J connectivity index is 1.17. The molecule has 0 N–H and O–H groups in total. The van der Waals surface area contributed by atoms with Crippen LogP contribution in [0.5, 0.6) is 5.88 Å². The van der Waals surface area contributed by atoms with Crippen molar-refractivity contribution < 1.29 is 9.53 Å². The van der Waals surface area contributed by atoms with Crippen molar-refractivity contribution in [2.75, 3.05) is 19.7 Å². The number of aryl methyl sites for hydroxylation is 1. The number of imidazole rings is 1. The number of aromatic nitrogens is 5. The first-order chi connectivity index (χ1) is 14.2. The molecule has 9 heteroatoms. The summed E-state index contributed by atoms with van der Waals surface area (Å²) in [6.07, 6.45) is 3.71. The highest BCUT2D eigenvalue weighted by atomic mass is 32.1. The van der Waals surface area contributed by atoms with Gasteiger partial charge in [-0.1, -0.05) is 0 Å². The smallest absolute Gasteiger partial charge is 0.253 e. The van der Waals surface area contributed by atoms with E-state index in [4.69, 9.17) is 4.74 Å². The highest BCUT2D eigenvalue weighted by Gasteiger charge is 2.24. The summed E-state index contributed by atoms with van der Waals surface area (Å²) < 4.78 is 16.1. The molecule has 148 valence electrons. The first-order valence-electron chi connectivity index (χ1n) is 9.63. The van der Waals surface area contributed by atoms with Gasteiger partial charge in [0.25, 0.3) is 5.91 Å². The summed E-state index contributed by atoms with van der Waals surface area (Å²) in [6, 6.07) is 9.28. The molecular weight excluding hydrogens is 388 g/mol. The van der Waals surface area contributed by atoms with E-state index in [0.717, 1.165) is 48.3 Å². The molecule has 29 heavy (non-hydrogen) atoms. The van der Waals surface area contributed by atoms with E-state index in [9.17, 15) is 4.79 Å². The Hall–Kier alpha value is -3.07. The normalized spacial score (nSPS) is 15.3. The predicted molar refractivity (Wildman–Crippen MR) is 109 cm³/mol. The minimum atomic E-state index is 0.0573. The molecule has 5 rings (SSSR count). The van der Waals surface area contributed by atoms with Crippen LogP contribution in [0.25, 0.3) is 16.7 Å². The molecule has 0 aliphatic carbocycles. The predicted octanol–water partition coefficient (Wildman–Crippen LogP) is 2.97. The van der Waals surface area contributed by atoms with Gasteiger partial charge < -0.3 is 9.64 Å². The average molecular weight is 408 g/mol. The molecule has 0 atom stereocenters. The Morgan fingerprint density at radius 3 is 2.86 bits per heavy atom. The molecule has 0 spiro atoms. The largest absolute Gasteiger partial charge is 0.476 e. The second-order valence-electron chi connectivity index (χ2n) is 7.37. The van der Waals surface area contributed by atoms with Gasteiger partial charge in [-0.05, 0) is 49.9 Å². The van der Waals surface area contributed by atoms with Crippen LogP contribution in [0.1, 0.15) is 28.9 Å². The SMILES string of the molecule is Cc1cn2nc(OCC3CCN(C(=O)c4ccc5nsnc5c4)CC3)ccc2n1. The second-order valence-corrected chi connectivity index (χ2v) is 7.90. The Kier molecular flexibility index (Phi) is 4.59. The number of nitrogens with zero attached hydrogens (tertiary/aromatic N) is 6. The number of ether oxygens (including phenoxy) is 1. The quantitative estimate of drug-likeness (QED) is 0.516. The van der Waals surface area contributed by atoms with Gasteiger partial charge in [-0.25, -0.2) is 9.50 Å². The third-order valence-corrected chi connectivity index (χ3v) is 5.84. The summed E-state index contributed by atoms with van der Waals surface area (Å²) in [5.41, 5.74) is 4.03. The van der Waals surface area contributed by atoms with Crippen LogP contribution in [-0.4, -0.2) is 53.8 Å². The average Bonchev–Trinajstić information content (AvgIpc) is 3.36. The Labute approximate surface area is 171 Å². The lowest BCUT2D eigenvalue weighted by Gasteiger charge is -2.31. The van der Waals surface area contributed by atoms with Crippen LogP contribution in [0.15, 0.2) is 36.5 Å². The van der Waals surface area contributed by atoms with E-state index >= 15 is 0 Å². The van der Waals surface area contributed by atoms with Gasteiger partial charge in [0.05, 0.1) is 30.2 Å². The third-order valence-electron chi connectivity index (χ3n) is 5.29. The molecule has 0 unspecified atom stereocenters. The van der Waals surface area contributed by atoms with Crippen molar-refractivity contribution in [3.05, 3.63) is 47.8 Å². The first kappa shape index (κ1) is 18.0. The molecule has 0 bridgehead atoms. The maximum Gasteiger partial charge on any atom is 0.253 e. The lowest BCUT2D eigenvalue weighted by Crippen LogP contribution is -2.39. The van der Waals surface area contributed by atoms with Crippen LogP contribution >= 0.6 is 11.7 Å². The number of amides is 1. The molecule has 0 saturated carbocycles. The van der Waals surface area contributed by atoms with Crippen LogP contribution in [0.3, 0.4) is 0 Å². The highest BCUT2D eigenvalue weighted by molar-refractivity contribution is 7.00. The fourth-order valence-corrected chi connectivity index (χ4v) is 4.18. The number of benzene rings is 1. The van der Waals surface area contributed by atoms with Gasteiger partial charge in [-0.15, -0.1) is 5.10 Å². The molecule has 0 radical (unpaired) electrons. The second kappa shape index (κ2) is 7.40. The Morgan fingerprint density at radius 1 is 1.17 bits per heavy atom. The number of fused-ring (bicyclic) bond motifs is 2. The lowest BCUT2D eigenvalue weighted by atomic mass is 9.97. The first-order valence-corrected chi connectivity index (χ1v) is 10.4. The van der Waals surface area contributed by atoms with Crippen LogP contribution in [0, 0.1) is 12.8 Å². The standard InChI is InChI=1S/C20H20N6O2S/c1-13-11-26-18(21-13)4-5-19(22-26)28-12-14-6-8-25(9-7-14)20(27)15-2-3-16-17(10-15)24-29-23-16/h2-5,10-11,14H,6-9,12H2,1H3. The van der Waals surface area contributed by atoms with Crippen molar-refractivity contribution in [3.8, 4) is 5.88 Å². The third kappa shape index (κ3) is 3.65. The zero-order chi connectivity index (χ0) is 19.8. The fraction of sp³-hybridized carbons (Fsp3) is 0.350. The van der Waals surface area contributed by atoms with Crippen LogP contribution in [-0.2, 0) is 0 Å². The number of hydrogen-bond acceptors (Lipinski definition) is 7. The van der Waals surface area contributed by atoms with Crippen molar-refractivity contribution in [1.82, 2.24) is 28.2 Å². The molecule has 4 heterocycles. The summed E-state index contributed by atoms with van der Waals surface area (Å²) in [7, 11) is 0. The molecule has 8 nitrogen and oxygen atoms in total. The number of carbonyl (C=O) groups excluding carboxylic acids is 1. The molecule has 1 aromatic carbocycles. The van der Waals surface area contributed by atoms with Crippen LogP contribution in [0.2, 0.25) is 0 Å². The molecule has 1 amide bonds. The summed E-state index contributed by atoms with van der Waals surface area (Å²) >= 11 is 1.17. The van der Waals surface area contributed by atoms with E-state index in [1.807, 2.05) is 48.4 Å². The number of piperidine rings is 1. The molecule has 1 aliphatic heterocycles. The number of likely N-dealkylation sites (tertiary alicyclic amines) is 1. The molecule has 1 saturated heterocycles. The van der Waals surface area contributed by atoms with Crippen molar-refractivity contribution in [2.45, 2.75) is 19.8 Å². The van der Waals surface area contributed by atoms with E-state index in [1.54, 1.807) is 4.52 Å². The maximum absolute atomic E-state index is 12.8. The van der Waals surface area contributed by atoms with Gasteiger partial charge in [-0.2, -0.15) is 8.75 Å². The lowest BCUT2D eigenvalue weighted by molar-refractivity contribution is 0.0659.